The molecular weight excluding hydrogens is 284 g/mol. The number of amides is 2. The molecule has 1 aromatic carbocycles. The number of rotatable bonds is 4. The second-order valence-corrected chi connectivity index (χ2v) is 4.53. The minimum atomic E-state index is -0.317. The van der Waals surface area contributed by atoms with Crippen molar-refractivity contribution in [3.05, 3.63) is 34.3 Å². The molecular formula is C12H15BrN2O2. The second-order valence-electron chi connectivity index (χ2n) is 3.61. The maximum absolute atomic E-state index is 11.6. The maximum Gasteiger partial charge on any atom is 0.269 e. The summed E-state index contributed by atoms with van der Waals surface area (Å²) in [6.45, 7) is 2.01. The van der Waals surface area contributed by atoms with Gasteiger partial charge in [-0.15, -0.1) is 0 Å². The summed E-state index contributed by atoms with van der Waals surface area (Å²) in [5.41, 5.74) is 5.26. The number of halogens is 1. The van der Waals surface area contributed by atoms with E-state index in [1.165, 1.54) is 0 Å². The fourth-order valence-corrected chi connectivity index (χ4v) is 1.46. The van der Waals surface area contributed by atoms with E-state index in [1.807, 2.05) is 6.92 Å². The molecule has 92 valence electrons. The molecule has 0 atom stereocenters. The van der Waals surface area contributed by atoms with Crippen molar-refractivity contribution in [1.82, 2.24) is 10.9 Å². The molecule has 0 radical (unpaired) electrons. The third kappa shape index (κ3) is 4.99. The molecule has 1 aromatic rings. The zero-order valence-electron chi connectivity index (χ0n) is 9.63. The van der Waals surface area contributed by atoms with Gasteiger partial charge in [-0.25, -0.2) is 0 Å². The number of nitrogens with one attached hydrogen (secondary N) is 2. The van der Waals surface area contributed by atoms with Crippen LogP contribution in [0.25, 0.3) is 0 Å². The van der Waals surface area contributed by atoms with Gasteiger partial charge in [-0.05, 0) is 30.7 Å². The molecule has 5 heteroatoms. The first-order chi connectivity index (χ1) is 8.13. The zero-order chi connectivity index (χ0) is 12.7. The molecule has 0 aliphatic carbocycles. The van der Waals surface area contributed by atoms with E-state index in [9.17, 15) is 9.59 Å². The predicted octanol–water partition coefficient (Wildman–Crippen LogP) is 2.40. The Morgan fingerprint density at radius 1 is 1.18 bits per heavy atom. The lowest BCUT2D eigenvalue weighted by molar-refractivity contribution is -0.121. The average Bonchev–Trinajstić information content (AvgIpc) is 2.34. The van der Waals surface area contributed by atoms with Gasteiger partial charge in [0.2, 0.25) is 5.91 Å². The van der Waals surface area contributed by atoms with Crippen LogP contribution in [0.4, 0.5) is 0 Å². The highest BCUT2D eigenvalue weighted by Gasteiger charge is 2.06. The summed E-state index contributed by atoms with van der Waals surface area (Å²) in [6, 6.07) is 6.90. The van der Waals surface area contributed by atoms with E-state index < -0.39 is 0 Å². The summed E-state index contributed by atoms with van der Waals surface area (Å²) in [6.07, 6.45) is 2.20. The normalized spacial score (nSPS) is 9.76. The monoisotopic (exact) mass is 298 g/mol. The Kier molecular flexibility index (Phi) is 5.69. The van der Waals surface area contributed by atoms with Gasteiger partial charge < -0.3 is 0 Å². The van der Waals surface area contributed by atoms with E-state index in [2.05, 4.69) is 26.8 Å². The molecule has 0 spiro atoms. The molecule has 4 nitrogen and oxygen atoms in total. The van der Waals surface area contributed by atoms with Crippen LogP contribution in [0.3, 0.4) is 0 Å². The molecule has 0 aromatic heterocycles. The van der Waals surface area contributed by atoms with Gasteiger partial charge in [0.1, 0.15) is 0 Å². The third-order valence-electron chi connectivity index (χ3n) is 2.18. The summed E-state index contributed by atoms with van der Waals surface area (Å²) in [5.74, 6) is -0.486. The van der Waals surface area contributed by atoms with Crippen LogP contribution in [-0.4, -0.2) is 11.8 Å². The van der Waals surface area contributed by atoms with E-state index in [1.54, 1.807) is 24.3 Å². The topological polar surface area (TPSA) is 58.2 Å². The Hall–Kier alpha value is -1.36. The molecule has 0 bridgehead atoms. The molecule has 0 aliphatic heterocycles. The highest BCUT2D eigenvalue weighted by Crippen LogP contribution is 2.10. The fourth-order valence-electron chi connectivity index (χ4n) is 1.20. The molecule has 0 unspecified atom stereocenters. The van der Waals surface area contributed by atoms with Gasteiger partial charge in [0.25, 0.3) is 5.91 Å². The van der Waals surface area contributed by atoms with Crippen molar-refractivity contribution in [1.29, 1.82) is 0 Å². The van der Waals surface area contributed by atoms with Crippen LogP contribution in [0.2, 0.25) is 0 Å². The number of hydrogen-bond donors (Lipinski definition) is 2. The van der Waals surface area contributed by atoms with Crippen molar-refractivity contribution < 1.29 is 9.59 Å². The lowest BCUT2D eigenvalue weighted by Crippen LogP contribution is -2.41. The summed E-state index contributed by atoms with van der Waals surface area (Å²) in [4.78, 5) is 22.9. The molecule has 0 heterocycles. The van der Waals surface area contributed by atoms with E-state index in [-0.39, 0.29) is 11.8 Å². The Labute approximate surface area is 109 Å². The van der Waals surface area contributed by atoms with Gasteiger partial charge in [0.15, 0.2) is 0 Å². The number of hydrazine groups is 1. The van der Waals surface area contributed by atoms with Crippen LogP contribution in [0.15, 0.2) is 28.7 Å². The smallest absolute Gasteiger partial charge is 0.269 e. The lowest BCUT2D eigenvalue weighted by Gasteiger charge is -2.06. The first kappa shape index (κ1) is 13.7. The maximum atomic E-state index is 11.6. The lowest BCUT2D eigenvalue weighted by atomic mass is 10.2. The third-order valence-corrected chi connectivity index (χ3v) is 2.71. The largest absolute Gasteiger partial charge is 0.273 e. The Bertz CT molecular complexity index is 390. The number of benzene rings is 1. The highest BCUT2D eigenvalue weighted by molar-refractivity contribution is 9.10. The summed E-state index contributed by atoms with van der Waals surface area (Å²) in [7, 11) is 0. The summed E-state index contributed by atoms with van der Waals surface area (Å²) >= 11 is 3.28. The molecule has 17 heavy (non-hydrogen) atoms. The van der Waals surface area contributed by atoms with Gasteiger partial charge >= 0.3 is 0 Å². The van der Waals surface area contributed by atoms with Crippen LogP contribution >= 0.6 is 15.9 Å². The molecule has 0 saturated heterocycles. The van der Waals surface area contributed by atoms with Crippen LogP contribution in [-0.2, 0) is 4.79 Å². The second kappa shape index (κ2) is 7.06. The first-order valence-electron chi connectivity index (χ1n) is 5.48. The number of carbonyl (C=O) groups excluding carboxylic acids is 2. The molecule has 0 saturated carbocycles. The summed E-state index contributed by atoms with van der Waals surface area (Å²) in [5, 5.41) is 0. The van der Waals surface area contributed by atoms with Crippen LogP contribution < -0.4 is 10.9 Å². The molecule has 2 N–H and O–H groups in total. The molecule has 1 rings (SSSR count). The van der Waals surface area contributed by atoms with Crippen LogP contribution in [0.5, 0.6) is 0 Å². The Balaban J connectivity index is 2.39. The standard InChI is InChI=1S/C12H15BrN2O2/c1-2-3-4-11(16)14-15-12(17)9-5-7-10(13)8-6-9/h5-8H,2-4H2,1H3,(H,14,16)(H,15,17). The van der Waals surface area contributed by atoms with Crippen molar-refractivity contribution in [2.45, 2.75) is 26.2 Å². The van der Waals surface area contributed by atoms with E-state index in [4.69, 9.17) is 0 Å². The van der Waals surface area contributed by atoms with Gasteiger partial charge in [-0.1, -0.05) is 29.3 Å². The molecule has 0 aliphatic rings. The van der Waals surface area contributed by atoms with Crippen molar-refractivity contribution in [2.24, 2.45) is 0 Å². The van der Waals surface area contributed by atoms with Crippen LogP contribution in [0, 0.1) is 0 Å². The number of carbonyl (C=O) groups is 2. The van der Waals surface area contributed by atoms with Crippen molar-refractivity contribution in [3.8, 4) is 0 Å². The van der Waals surface area contributed by atoms with E-state index >= 15 is 0 Å². The first-order valence-corrected chi connectivity index (χ1v) is 6.27. The van der Waals surface area contributed by atoms with Crippen molar-refractivity contribution in [3.63, 3.8) is 0 Å². The van der Waals surface area contributed by atoms with Crippen molar-refractivity contribution >= 4 is 27.7 Å². The van der Waals surface area contributed by atoms with E-state index in [0.717, 1.165) is 17.3 Å². The summed E-state index contributed by atoms with van der Waals surface area (Å²) < 4.78 is 0.904. The van der Waals surface area contributed by atoms with Gasteiger partial charge in [-0.2, -0.15) is 0 Å². The molecule has 2 amide bonds. The molecule has 0 fully saturated rings. The number of hydrogen-bond acceptors (Lipinski definition) is 2. The predicted molar refractivity (Wildman–Crippen MR) is 69.3 cm³/mol. The quantitative estimate of drug-likeness (QED) is 0.839. The Morgan fingerprint density at radius 3 is 2.41 bits per heavy atom. The highest BCUT2D eigenvalue weighted by atomic mass is 79.9. The zero-order valence-corrected chi connectivity index (χ0v) is 11.2. The van der Waals surface area contributed by atoms with Gasteiger partial charge in [-0.3, -0.25) is 20.4 Å². The number of unbranched alkanes of at least 4 members (excludes halogenated alkanes) is 1. The fraction of sp³-hybridized carbons (Fsp3) is 0.333. The van der Waals surface area contributed by atoms with Crippen molar-refractivity contribution in [2.75, 3.05) is 0 Å². The van der Waals surface area contributed by atoms with Gasteiger partial charge in [0.05, 0.1) is 0 Å². The van der Waals surface area contributed by atoms with Crippen LogP contribution in [0.1, 0.15) is 36.5 Å². The van der Waals surface area contributed by atoms with E-state index in [0.29, 0.717) is 12.0 Å². The minimum absolute atomic E-state index is 0.169. The van der Waals surface area contributed by atoms with Gasteiger partial charge in [0, 0.05) is 16.5 Å². The minimum Gasteiger partial charge on any atom is -0.273 e. The Morgan fingerprint density at radius 2 is 1.82 bits per heavy atom. The SMILES string of the molecule is CCCCC(=O)NNC(=O)c1ccc(Br)cc1. The average molecular weight is 299 g/mol.